The minimum Gasteiger partial charge on any atom is -0.379 e. The lowest BCUT2D eigenvalue weighted by Gasteiger charge is -2.24. The molecule has 1 amide bonds. The number of hydrogen-bond acceptors (Lipinski definition) is 4. The summed E-state index contributed by atoms with van der Waals surface area (Å²) < 4.78 is 0. The van der Waals surface area contributed by atoms with E-state index in [0.717, 1.165) is 50.0 Å². The Hall–Kier alpha value is -2.14. The molecule has 2 aromatic rings. The van der Waals surface area contributed by atoms with Gasteiger partial charge >= 0.3 is 0 Å². The van der Waals surface area contributed by atoms with Gasteiger partial charge in [0.2, 0.25) is 5.91 Å². The molecule has 2 aliphatic heterocycles. The Labute approximate surface area is 149 Å². The molecule has 2 saturated heterocycles. The highest BCUT2D eigenvalue weighted by atomic mass is 16.2. The first kappa shape index (κ1) is 16.3. The number of rotatable bonds is 4. The predicted molar refractivity (Wildman–Crippen MR) is 101 cm³/mol. The molecule has 0 spiro atoms. The molecule has 4 rings (SSSR count). The zero-order valence-corrected chi connectivity index (χ0v) is 14.8. The second kappa shape index (κ2) is 7.00. The number of likely N-dealkylation sites (tertiary alicyclic amines) is 2. The van der Waals surface area contributed by atoms with Crippen LogP contribution >= 0.6 is 0 Å². The number of nitrogens with one attached hydrogen (secondary N) is 1. The molecular formula is C20H26N4O. The van der Waals surface area contributed by atoms with E-state index in [1.807, 2.05) is 18.5 Å². The van der Waals surface area contributed by atoms with Gasteiger partial charge in [-0.3, -0.25) is 14.7 Å². The fourth-order valence-corrected chi connectivity index (χ4v) is 4.13. The van der Waals surface area contributed by atoms with Gasteiger partial charge in [-0.25, -0.2) is 0 Å². The smallest absolute Gasteiger partial charge is 0.236 e. The number of hydrogen-bond donors (Lipinski definition) is 1. The van der Waals surface area contributed by atoms with E-state index in [1.54, 1.807) is 0 Å². The fourth-order valence-electron chi connectivity index (χ4n) is 4.13. The average Bonchev–Trinajstić information content (AvgIpc) is 3.24. The SMILES string of the molecule is C[C@@H]1CCCN1C(=O)CN1CC[C@@H](Nc2cncc3ccccc23)C1. The van der Waals surface area contributed by atoms with Crippen LogP contribution in [0.1, 0.15) is 26.2 Å². The zero-order valence-electron chi connectivity index (χ0n) is 14.8. The standard InChI is InChI=1S/C20H26N4O/c1-15-5-4-9-24(15)20(25)14-23-10-8-17(13-23)22-19-12-21-11-16-6-2-3-7-18(16)19/h2-3,6-7,11-12,15,17,22H,4-5,8-10,13-14H2,1H3/t15-,17-/m1/s1. The predicted octanol–water partition coefficient (Wildman–Crippen LogP) is 2.73. The zero-order chi connectivity index (χ0) is 17.2. The Balaban J connectivity index is 1.37. The molecule has 5 nitrogen and oxygen atoms in total. The number of anilines is 1. The van der Waals surface area contributed by atoms with Crippen LogP contribution in [0.4, 0.5) is 5.69 Å². The Morgan fingerprint density at radius 1 is 1.24 bits per heavy atom. The van der Waals surface area contributed by atoms with E-state index >= 15 is 0 Å². The molecule has 1 aromatic heterocycles. The highest BCUT2D eigenvalue weighted by molar-refractivity contribution is 5.92. The molecule has 0 aliphatic carbocycles. The second-order valence-electron chi connectivity index (χ2n) is 7.35. The van der Waals surface area contributed by atoms with Crippen molar-refractivity contribution in [1.29, 1.82) is 0 Å². The van der Waals surface area contributed by atoms with Gasteiger partial charge in [-0.05, 0) is 26.2 Å². The lowest BCUT2D eigenvalue weighted by molar-refractivity contribution is -0.132. The van der Waals surface area contributed by atoms with Crippen LogP contribution in [0.5, 0.6) is 0 Å². The summed E-state index contributed by atoms with van der Waals surface area (Å²) in [6.45, 7) is 5.53. The summed E-state index contributed by atoms with van der Waals surface area (Å²) >= 11 is 0. The lowest BCUT2D eigenvalue weighted by atomic mass is 10.1. The normalized spacial score (nSPS) is 24.1. The van der Waals surface area contributed by atoms with Gasteiger partial charge in [0.15, 0.2) is 0 Å². The van der Waals surface area contributed by atoms with Crippen LogP contribution in [0.2, 0.25) is 0 Å². The van der Waals surface area contributed by atoms with Gasteiger partial charge < -0.3 is 10.2 Å². The van der Waals surface area contributed by atoms with E-state index in [2.05, 4.69) is 45.2 Å². The number of carbonyl (C=O) groups is 1. The number of nitrogens with zero attached hydrogens (tertiary/aromatic N) is 3. The Morgan fingerprint density at radius 2 is 2.12 bits per heavy atom. The minimum absolute atomic E-state index is 0.289. The number of benzene rings is 1. The Morgan fingerprint density at radius 3 is 2.96 bits per heavy atom. The van der Waals surface area contributed by atoms with Gasteiger partial charge in [-0.2, -0.15) is 0 Å². The summed E-state index contributed by atoms with van der Waals surface area (Å²) in [4.78, 5) is 21.2. The van der Waals surface area contributed by atoms with Gasteiger partial charge in [0, 0.05) is 48.7 Å². The Kier molecular flexibility index (Phi) is 4.57. The first-order chi connectivity index (χ1) is 12.2. The fraction of sp³-hybridized carbons (Fsp3) is 0.500. The van der Waals surface area contributed by atoms with E-state index < -0.39 is 0 Å². The number of aromatic nitrogens is 1. The van der Waals surface area contributed by atoms with Gasteiger partial charge in [0.25, 0.3) is 0 Å². The molecule has 2 atom stereocenters. The molecule has 0 bridgehead atoms. The number of amides is 1. The summed E-state index contributed by atoms with van der Waals surface area (Å²) in [5, 5.41) is 6.00. The van der Waals surface area contributed by atoms with Gasteiger partial charge in [0.1, 0.15) is 0 Å². The largest absolute Gasteiger partial charge is 0.379 e. The van der Waals surface area contributed by atoms with Crippen LogP contribution in [0.25, 0.3) is 10.8 Å². The highest BCUT2D eigenvalue weighted by Gasteiger charge is 2.29. The third-order valence-electron chi connectivity index (χ3n) is 5.53. The summed E-state index contributed by atoms with van der Waals surface area (Å²) in [5.41, 5.74) is 1.09. The van der Waals surface area contributed by atoms with E-state index in [4.69, 9.17) is 0 Å². The minimum atomic E-state index is 0.289. The molecule has 0 saturated carbocycles. The van der Waals surface area contributed by atoms with Crippen LogP contribution in [-0.2, 0) is 4.79 Å². The molecule has 1 aromatic carbocycles. The topological polar surface area (TPSA) is 48.5 Å². The van der Waals surface area contributed by atoms with E-state index in [0.29, 0.717) is 18.6 Å². The van der Waals surface area contributed by atoms with Crippen LogP contribution in [0, 0.1) is 0 Å². The molecule has 1 N–H and O–H groups in total. The van der Waals surface area contributed by atoms with Crippen molar-refractivity contribution >= 4 is 22.4 Å². The van der Waals surface area contributed by atoms with Crippen molar-refractivity contribution in [3.63, 3.8) is 0 Å². The second-order valence-corrected chi connectivity index (χ2v) is 7.35. The van der Waals surface area contributed by atoms with Crippen LogP contribution < -0.4 is 5.32 Å². The van der Waals surface area contributed by atoms with Crippen molar-refractivity contribution in [1.82, 2.24) is 14.8 Å². The molecule has 2 fully saturated rings. The van der Waals surface area contributed by atoms with E-state index in [-0.39, 0.29) is 5.91 Å². The van der Waals surface area contributed by atoms with Gasteiger partial charge in [-0.15, -0.1) is 0 Å². The average molecular weight is 338 g/mol. The molecule has 0 radical (unpaired) electrons. The first-order valence-electron chi connectivity index (χ1n) is 9.32. The lowest BCUT2D eigenvalue weighted by Crippen LogP contribution is -2.41. The molecule has 25 heavy (non-hydrogen) atoms. The highest BCUT2D eigenvalue weighted by Crippen LogP contribution is 2.24. The maximum absolute atomic E-state index is 12.5. The molecular weight excluding hydrogens is 312 g/mol. The van der Waals surface area contributed by atoms with Crippen LogP contribution in [0.15, 0.2) is 36.7 Å². The summed E-state index contributed by atoms with van der Waals surface area (Å²) in [5.74, 6) is 0.289. The van der Waals surface area contributed by atoms with Crippen molar-refractivity contribution in [3.05, 3.63) is 36.7 Å². The molecule has 3 heterocycles. The third-order valence-corrected chi connectivity index (χ3v) is 5.53. The first-order valence-corrected chi connectivity index (χ1v) is 9.32. The Bertz CT molecular complexity index is 757. The van der Waals surface area contributed by atoms with Crippen molar-refractivity contribution in [2.45, 2.75) is 38.3 Å². The van der Waals surface area contributed by atoms with E-state index in [9.17, 15) is 4.79 Å². The van der Waals surface area contributed by atoms with Crippen molar-refractivity contribution in [2.75, 3.05) is 31.5 Å². The number of pyridine rings is 1. The maximum Gasteiger partial charge on any atom is 0.236 e. The van der Waals surface area contributed by atoms with Gasteiger partial charge in [-0.1, -0.05) is 24.3 Å². The third kappa shape index (κ3) is 3.47. The summed E-state index contributed by atoms with van der Waals surface area (Å²) in [7, 11) is 0. The number of carbonyl (C=O) groups excluding carboxylic acids is 1. The van der Waals surface area contributed by atoms with Gasteiger partial charge in [0.05, 0.1) is 18.4 Å². The summed E-state index contributed by atoms with van der Waals surface area (Å²) in [6, 6.07) is 9.09. The number of fused-ring (bicyclic) bond motifs is 1. The monoisotopic (exact) mass is 338 g/mol. The molecule has 0 unspecified atom stereocenters. The van der Waals surface area contributed by atoms with Crippen molar-refractivity contribution < 1.29 is 4.79 Å². The van der Waals surface area contributed by atoms with Crippen LogP contribution in [-0.4, -0.2) is 59.0 Å². The summed E-state index contributed by atoms with van der Waals surface area (Å²) in [6.07, 6.45) is 7.15. The van der Waals surface area contributed by atoms with Crippen LogP contribution in [0.3, 0.4) is 0 Å². The molecule has 2 aliphatic rings. The maximum atomic E-state index is 12.5. The van der Waals surface area contributed by atoms with Crippen molar-refractivity contribution in [2.24, 2.45) is 0 Å². The quantitative estimate of drug-likeness (QED) is 0.931. The molecule has 132 valence electrons. The van der Waals surface area contributed by atoms with Crippen molar-refractivity contribution in [3.8, 4) is 0 Å². The van der Waals surface area contributed by atoms with E-state index in [1.165, 1.54) is 5.39 Å². The molecule has 5 heteroatoms.